The highest BCUT2D eigenvalue weighted by Crippen LogP contribution is 2.16. The number of nitrogens with one attached hydrogen (secondary N) is 1. The van der Waals surface area contributed by atoms with Crippen molar-refractivity contribution in [2.45, 2.75) is 26.8 Å². The van der Waals surface area contributed by atoms with Crippen molar-refractivity contribution in [1.82, 2.24) is 15.1 Å². The van der Waals surface area contributed by atoms with Gasteiger partial charge in [0.15, 0.2) is 5.69 Å². The highest BCUT2D eigenvalue weighted by Gasteiger charge is 2.26. The summed E-state index contributed by atoms with van der Waals surface area (Å²) in [5.41, 5.74) is 6.80. The monoisotopic (exact) mass is 254 g/mol. The third-order valence-electron chi connectivity index (χ3n) is 2.61. The Morgan fingerprint density at radius 2 is 2.11 bits per heavy atom. The number of esters is 1. The van der Waals surface area contributed by atoms with Gasteiger partial charge >= 0.3 is 5.97 Å². The first kappa shape index (κ1) is 14.0. The van der Waals surface area contributed by atoms with Crippen molar-refractivity contribution in [2.75, 3.05) is 19.4 Å². The van der Waals surface area contributed by atoms with Crippen molar-refractivity contribution in [3.8, 4) is 0 Å². The van der Waals surface area contributed by atoms with E-state index in [0.717, 1.165) is 0 Å². The minimum Gasteiger partial charge on any atom is -0.468 e. The zero-order valence-corrected chi connectivity index (χ0v) is 11.0. The zero-order chi connectivity index (χ0) is 13.9. The molecule has 18 heavy (non-hydrogen) atoms. The van der Waals surface area contributed by atoms with Crippen LogP contribution in [0.2, 0.25) is 0 Å². The maximum atomic E-state index is 12.2. The van der Waals surface area contributed by atoms with E-state index in [9.17, 15) is 9.59 Å². The summed E-state index contributed by atoms with van der Waals surface area (Å²) in [6, 6.07) is -0.159. The molecule has 3 N–H and O–H groups in total. The van der Waals surface area contributed by atoms with Crippen LogP contribution in [0.3, 0.4) is 0 Å². The second-order valence-corrected chi connectivity index (χ2v) is 4.21. The maximum absolute atomic E-state index is 12.2. The highest BCUT2D eigenvalue weighted by molar-refractivity contribution is 5.99. The number of amides is 1. The van der Waals surface area contributed by atoms with E-state index in [2.05, 4.69) is 14.9 Å². The molecule has 7 nitrogen and oxygen atoms in total. The van der Waals surface area contributed by atoms with Crippen LogP contribution in [0.5, 0.6) is 0 Å². The summed E-state index contributed by atoms with van der Waals surface area (Å²) in [6.07, 6.45) is 0. The quantitative estimate of drug-likeness (QED) is 0.754. The number of aryl methyl sites for hydroxylation is 1. The molecule has 1 aromatic rings. The van der Waals surface area contributed by atoms with Gasteiger partial charge in [-0.2, -0.15) is 5.10 Å². The topological polar surface area (TPSA) is 101 Å². The molecule has 0 saturated carbocycles. The molecule has 0 fully saturated rings. The summed E-state index contributed by atoms with van der Waals surface area (Å²) < 4.78 is 4.56. The minimum atomic E-state index is -0.483. The van der Waals surface area contributed by atoms with Crippen LogP contribution in [0.15, 0.2) is 0 Å². The first-order valence-corrected chi connectivity index (χ1v) is 5.56. The Balaban J connectivity index is 2.96. The van der Waals surface area contributed by atoms with Crippen LogP contribution in [0.1, 0.15) is 30.0 Å². The summed E-state index contributed by atoms with van der Waals surface area (Å²) in [5, 5.41) is 6.50. The number of nitrogen functional groups attached to an aromatic ring is 1. The largest absolute Gasteiger partial charge is 0.468 e. The number of aromatic nitrogens is 2. The van der Waals surface area contributed by atoms with Crippen LogP contribution >= 0.6 is 0 Å². The molecular weight excluding hydrogens is 236 g/mol. The number of nitrogens with two attached hydrogens (primary N) is 1. The second kappa shape index (κ2) is 5.52. The lowest BCUT2D eigenvalue weighted by atomic mass is 10.2. The number of H-pyrrole nitrogens is 1. The Bertz CT molecular complexity index is 453. The first-order chi connectivity index (χ1) is 8.38. The number of hydrogen-bond donors (Lipinski definition) is 2. The number of aromatic amines is 1. The van der Waals surface area contributed by atoms with E-state index in [1.807, 2.05) is 0 Å². The smallest absolute Gasteiger partial charge is 0.325 e. The van der Waals surface area contributed by atoms with Crippen LogP contribution in [0, 0.1) is 6.92 Å². The zero-order valence-electron chi connectivity index (χ0n) is 11.0. The molecule has 0 aliphatic rings. The van der Waals surface area contributed by atoms with Crippen LogP contribution < -0.4 is 5.73 Å². The lowest BCUT2D eigenvalue weighted by molar-refractivity contribution is -0.141. The number of ether oxygens (including phenoxy) is 1. The minimum absolute atomic E-state index is 0.127. The van der Waals surface area contributed by atoms with E-state index in [1.54, 1.807) is 20.8 Å². The van der Waals surface area contributed by atoms with Crippen molar-refractivity contribution >= 4 is 17.6 Å². The summed E-state index contributed by atoms with van der Waals surface area (Å²) in [7, 11) is 1.28. The van der Waals surface area contributed by atoms with E-state index in [1.165, 1.54) is 12.0 Å². The van der Waals surface area contributed by atoms with Gasteiger partial charge in [-0.25, -0.2) is 0 Å². The van der Waals surface area contributed by atoms with E-state index >= 15 is 0 Å². The molecule has 0 atom stereocenters. The number of hydrogen-bond acceptors (Lipinski definition) is 5. The molecule has 0 unspecified atom stereocenters. The van der Waals surface area contributed by atoms with Crippen molar-refractivity contribution in [3.05, 3.63) is 11.4 Å². The highest BCUT2D eigenvalue weighted by atomic mass is 16.5. The molecule has 0 aliphatic heterocycles. The molecule has 1 aromatic heterocycles. The summed E-state index contributed by atoms with van der Waals surface area (Å²) in [4.78, 5) is 24.9. The molecule has 0 aliphatic carbocycles. The normalized spacial score (nSPS) is 10.5. The van der Waals surface area contributed by atoms with Crippen molar-refractivity contribution in [3.63, 3.8) is 0 Å². The predicted octanol–water partition coefficient (Wildman–Crippen LogP) is 0.324. The number of carbonyl (C=O) groups is 2. The number of anilines is 1. The Morgan fingerprint density at radius 3 is 2.50 bits per heavy atom. The van der Waals surface area contributed by atoms with Gasteiger partial charge in [-0.1, -0.05) is 0 Å². The molecule has 0 aromatic carbocycles. The Labute approximate surface area is 105 Å². The van der Waals surface area contributed by atoms with Crippen LogP contribution in [-0.4, -0.2) is 46.7 Å². The van der Waals surface area contributed by atoms with E-state index in [-0.39, 0.29) is 18.3 Å². The van der Waals surface area contributed by atoms with Gasteiger partial charge in [-0.3, -0.25) is 14.7 Å². The molecule has 1 heterocycles. The van der Waals surface area contributed by atoms with E-state index < -0.39 is 11.9 Å². The Hall–Kier alpha value is -2.05. The van der Waals surface area contributed by atoms with Gasteiger partial charge in [0.25, 0.3) is 5.91 Å². The molecule has 1 amide bonds. The third-order valence-corrected chi connectivity index (χ3v) is 2.61. The first-order valence-electron chi connectivity index (χ1n) is 5.56. The lowest BCUT2D eigenvalue weighted by Gasteiger charge is -2.24. The number of methoxy groups -OCH3 is 1. The number of carbonyl (C=O) groups excluding carboxylic acids is 2. The van der Waals surface area contributed by atoms with Gasteiger partial charge in [0.2, 0.25) is 0 Å². The van der Waals surface area contributed by atoms with Gasteiger partial charge in [0.05, 0.1) is 18.5 Å². The molecule has 7 heteroatoms. The molecule has 0 saturated heterocycles. The number of rotatable bonds is 4. The van der Waals surface area contributed by atoms with Crippen molar-refractivity contribution in [2.24, 2.45) is 0 Å². The van der Waals surface area contributed by atoms with Crippen LogP contribution in [-0.2, 0) is 9.53 Å². The van der Waals surface area contributed by atoms with Gasteiger partial charge in [0.1, 0.15) is 6.54 Å². The van der Waals surface area contributed by atoms with Gasteiger partial charge in [-0.15, -0.1) is 0 Å². The fraction of sp³-hybridized carbons (Fsp3) is 0.545. The predicted molar refractivity (Wildman–Crippen MR) is 65.9 cm³/mol. The molecule has 1 rings (SSSR count). The molecule has 0 radical (unpaired) electrons. The second-order valence-electron chi connectivity index (χ2n) is 4.21. The standard InChI is InChI=1S/C11H18N4O3/c1-6(2)15(5-8(16)18-4)11(17)10-9(12)7(3)13-14-10/h6H,5,12H2,1-4H3,(H,13,14). The average molecular weight is 254 g/mol. The third kappa shape index (κ3) is 2.79. The molecular formula is C11H18N4O3. The van der Waals surface area contributed by atoms with Crippen molar-refractivity contribution in [1.29, 1.82) is 0 Å². The fourth-order valence-electron chi connectivity index (χ4n) is 1.43. The summed E-state index contributed by atoms with van der Waals surface area (Å²) >= 11 is 0. The molecule has 100 valence electrons. The number of nitrogens with zero attached hydrogens (tertiary/aromatic N) is 2. The summed E-state index contributed by atoms with van der Waals surface area (Å²) in [5.74, 6) is -0.875. The van der Waals surface area contributed by atoms with Crippen molar-refractivity contribution < 1.29 is 14.3 Å². The van der Waals surface area contributed by atoms with Crippen LogP contribution in [0.25, 0.3) is 0 Å². The average Bonchev–Trinajstić information content (AvgIpc) is 2.65. The molecule has 0 bridgehead atoms. The van der Waals surface area contributed by atoms with Gasteiger partial charge < -0.3 is 15.4 Å². The van der Waals surface area contributed by atoms with Gasteiger partial charge in [-0.05, 0) is 20.8 Å². The summed E-state index contributed by atoms with van der Waals surface area (Å²) in [6.45, 7) is 5.20. The SMILES string of the molecule is COC(=O)CN(C(=O)c1n[nH]c(C)c1N)C(C)C. The van der Waals surface area contributed by atoms with E-state index in [4.69, 9.17) is 5.73 Å². The maximum Gasteiger partial charge on any atom is 0.325 e. The van der Waals surface area contributed by atoms with Gasteiger partial charge in [0, 0.05) is 6.04 Å². The Morgan fingerprint density at radius 1 is 1.50 bits per heavy atom. The molecule has 0 spiro atoms. The fourth-order valence-corrected chi connectivity index (χ4v) is 1.43. The van der Waals surface area contributed by atoms with E-state index in [0.29, 0.717) is 11.4 Å². The van der Waals surface area contributed by atoms with Crippen LogP contribution in [0.4, 0.5) is 5.69 Å². The Kier molecular flexibility index (Phi) is 4.30. The lowest BCUT2D eigenvalue weighted by Crippen LogP contribution is -2.41.